The number of carbonyl (C=O) groups is 1. The van der Waals surface area contributed by atoms with Crippen LogP contribution in [0.3, 0.4) is 0 Å². The van der Waals surface area contributed by atoms with Crippen molar-refractivity contribution in [3.05, 3.63) is 0 Å². The molecule has 0 radical (unpaired) electrons. The van der Waals surface area contributed by atoms with Crippen molar-refractivity contribution < 1.29 is 19.2 Å². The molecule has 0 amide bonds. The van der Waals surface area contributed by atoms with Gasteiger partial charge >= 0.3 is 5.97 Å². The monoisotopic (exact) mass is 282 g/mol. The molecule has 3 fully saturated rings. The number of quaternary nitrogens is 1. The molecule has 4 heteroatoms. The fourth-order valence-electron chi connectivity index (χ4n) is 4.58. The van der Waals surface area contributed by atoms with E-state index in [2.05, 4.69) is 20.8 Å². The van der Waals surface area contributed by atoms with Crippen LogP contribution in [0, 0.1) is 16.7 Å². The Balaban J connectivity index is 1.55. The van der Waals surface area contributed by atoms with Gasteiger partial charge in [0.05, 0.1) is 13.2 Å². The Hall–Kier alpha value is -0.610. The number of fused-ring (bicyclic) bond motifs is 2. The van der Waals surface area contributed by atoms with Gasteiger partial charge in [0, 0.05) is 5.92 Å². The van der Waals surface area contributed by atoms with Crippen LogP contribution in [-0.4, -0.2) is 44.9 Å². The quantitative estimate of drug-likeness (QED) is 0.773. The van der Waals surface area contributed by atoms with E-state index in [1.165, 1.54) is 17.7 Å². The van der Waals surface area contributed by atoms with Gasteiger partial charge in [-0.3, -0.25) is 0 Å². The molecule has 1 N–H and O–H groups in total. The number of hydrogen-bond donors (Lipinski definition) is 1. The van der Waals surface area contributed by atoms with E-state index < -0.39 is 0 Å². The Bertz CT molecular complexity index is 386. The lowest BCUT2D eigenvalue weighted by Gasteiger charge is -2.33. The first-order valence-electron chi connectivity index (χ1n) is 8.03. The lowest BCUT2D eigenvalue weighted by atomic mass is 9.71. The third-order valence-electron chi connectivity index (χ3n) is 6.47. The van der Waals surface area contributed by atoms with Gasteiger partial charge in [-0.05, 0) is 30.1 Å². The largest absolute Gasteiger partial charge is 0.458 e. The van der Waals surface area contributed by atoms with Crippen LogP contribution in [0.2, 0.25) is 0 Å². The van der Waals surface area contributed by atoms with Crippen molar-refractivity contribution in [2.24, 2.45) is 16.7 Å². The van der Waals surface area contributed by atoms with E-state index in [4.69, 9.17) is 9.47 Å². The summed E-state index contributed by atoms with van der Waals surface area (Å²) in [5.74, 6) is 0.537. The zero-order chi connectivity index (χ0) is 14.4. The number of rotatable bonds is 3. The van der Waals surface area contributed by atoms with Gasteiger partial charge in [0.15, 0.2) is 6.54 Å². The van der Waals surface area contributed by atoms with Crippen LogP contribution >= 0.6 is 0 Å². The predicted octanol–water partition coefficient (Wildman–Crippen LogP) is 0.660. The number of nitrogens with one attached hydrogen (secondary N) is 1. The van der Waals surface area contributed by atoms with Crippen molar-refractivity contribution in [2.45, 2.75) is 46.1 Å². The van der Waals surface area contributed by atoms with E-state index in [0.29, 0.717) is 23.3 Å². The van der Waals surface area contributed by atoms with E-state index in [9.17, 15) is 4.79 Å². The molecule has 3 unspecified atom stereocenters. The van der Waals surface area contributed by atoms with Crippen molar-refractivity contribution in [1.82, 2.24) is 0 Å². The summed E-state index contributed by atoms with van der Waals surface area (Å²) < 4.78 is 11.2. The molecular formula is C16H28NO3+. The molecule has 3 aliphatic rings. The minimum atomic E-state index is -0.0150. The van der Waals surface area contributed by atoms with E-state index in [-0.39, 0.29) is 12.1 Å². The Morgan fingerprint density at radius 3 is 2.55 bits per heavy atom. The first kappa shape index (κ1) is 14.3. The fourth-order valence-corrected chi connectivity index (χ4v) is 4.58. The molecule has 1 heterocycles. The molecule has 0 aromatic carbocycles. The smallest absolute Gasteiger partial charge is 0.361 e. The van der Waals surface area contributed by atoms with Crippen molar-refractivity contribution in [1.29, 1.82) is 0 Å². The highest BCUT2D eigenvalue weighted by atomic mass is 16.5. The second kappa shape index (κ2) is 4.99. The molecule has 20 heavy (non-hydrogen) atoms. The summed E-state index contributed by atoms with van der Waals surface area (Å²) in [6.07, 6.45) is 3.70. The summed E-state index contributed by atoms with van der Waals surface area (Å²) in [6.45, 7) is 11.0. The highest BCUT2D eigenvalue weighted by Crippen LogP contribution is 2.66. The Labute approximate surface area is 121 Å². The number of ether oxygens (including phenoxy) is 2. The Morgan fingerprint density at radius 1 is 1.30 bits per heavy atom. The number of hydrogen-bond acceptors (Lipinski definition) is 3. The second-order valence-corrected chi connectivity index (χ2v) is 7.70. The van der Waals surface area contributed by atoms with E-state index in [1.54, 1.807) is 0 Å². The average molecular weight is 282 g/mol. The molecule has 2 aliphatic carbocycles. The Morgan fingerprint density at radius 2 is 2.00 bits per heavy atom. The van der Waals surface area contributed by atoms with Crippen LogP contribution in [0.1, 0.15) is 40.0 Å². The minimum Gasteiger partial charge on any atom is -0.458 e. The summed E-state index contributed by atoms with van der Waals surface area (Å²) in [4.78, 5) is 13.5. The van der Waals surface area contributed by atoms with Gasteiger partial charge in [-0.25, -0.2) is 4.79 Å². The molecule has 0 spiro atoms. The molecular weight excluding hydrogens is 254 g/mol. The summed E-state index contributed by atoms with van der Waals surface area (Å²) in [5.41, 5.74) is 0.665. The van der Waals surface area contributed by atoms with Gasteiger partial charge in [-0.15, -0.1) is 0 Å². The maximum atomic E-state index is 12.2. The lowest BCUT2D eigenvalue weighted by Crippen LogP contribution is -3.15. The van der Waals surface area contributed by atoms with Gasteiger partial charge in [-0.2, -0.15) is 0 Å². The van der Waals surface area contributed by atoms with Crippen LogP contribution in [0.4, 0.5) is 0 Å². The first-order chi connectivity index (χ1) is 9.42. The standard InChI is InChI=1S/C16H27NO3/c1-15(2)12-4-5-16(15,3)10-13(12)20-14(18)11-17-6-8-19-9-7-17/h12-13H,4-11H2,1-3H3/p+1. The van der Waals surface area contributed by atoms with Crippen LogP contribution in [0.25, 0.3) is 0 Å². The Kier molecular flexibility index (Phi) is 3.57. The molecule has 3 atom stereocenters. The summed E-state index contributed by atoms with van der Waals surface area (Å²) in [7, 11) is 0. The van der Waals surface area contributed by atoms with Crippen LogP contribution in [-0.2, 0) is 14.3 Å². The molecule has 2 saturated carbocycles. The highest BCUT2D eigenvalue weighted by Gasteiger charge is 2.61. The van der Waals surface area contributed by atoms with Gasteiger partial charge in [0.25, 0.3) is 0 Å². The number of carbonyl (C=O) groups excluding carboxylic acids is 1. The highest BCUT2D eigenvalue weighted by molar-refractivity contribution is 5.70. The number of esters is 1. The van der Waals surface area contributed by atoms with Crippen molar-refractivity contribution in [3.8, 4) is 0 Å². The van der Waals surface area contributed by atoms with Crippen LogP contribution in [0.5, 0.6) is 0 Å². The molecule has 0 aromatic heterocycles. The summed E-state index contributed by atoms with van der Waals surface area (Å²) in [6, 6.07) is 0. The van der Waals surface area contributed by atoms with Crippen molar-refractivity contribution >= 4 is 5.97 Å². The van der Waals surface area contributed by atoms with Crippen LogP contribution in [0.15, 0.2) is 0 Å². The SMILES string of the molecule is CC12CCC(C(OC(=O)C[NH+]3CCOCC3)C1)C2(C)C. The first-order valence-corrected chi connectivity index (χ1v) is 8.03. The fraction of sp³-hybridized carbons (Fsp3) is 0.938. The third-order valence-corrected chi connectivity index (χ3v) is 6.47. The van der Waals surface area contributed by atoms with Gasteiger partial charge in [0.1, 0.15) is 19.2 Å². The molecule has 114 valence electrons. The van der Waals surface area contributed by atoms with E-state index in [0.717, 1.165) is 32.7 Å². The molecule has 4 nitrogen and oxygen atoms in total. The van der Waals surface area contributed by atoms with Gasteiger partial charge < -0.3 is 14.4 Å². The molecule has 2 bridgehead atoms. The number of morpholine rings is 1. The third kappa shape index (κ3) is 2.27. The molecule has 0 aromatic rings. The average Bonchev–Trinajstić information content (AvgIpc) is 2.71. The maximum absolute atomic E-state index is 12.2. The van der Waals surface area contributed by atoms with E-state index in [1.807, 2.05) is 0 Å². The molecule has 1 aliphatic heterocycles. The van der Waals surface area contributed by atoms with Crippen molar-refractivity contribution in [2.75, 3.05) is 32.8 Å². The normalized spacial score (nSPS) is 40.0. The lowest BCUT2D eigenvalue weighted by molar-refractivity contribution is -0.900. The predicted molar refractivity (Wildman–Crippen MR) is 75.5 cm³/mol. The zero-order valence-corrected chi connectivity index (χ0v) is 13.0. The zero-order valence-electron chi connectivity index (χ0n) is 13.0. The molecule has 1 saturated heterocycles. The maximum Gasteiger partial charge on any atom is 0.361 e. The van der Waals surface area contributed by atoms with Gasteiger partial charge in [0.2, 0.25) is 0 Å². The minimum absolute atomic E-state index is 0.0150. The van der Waals surface area contributed by atoms with Crippen molar-refractivity contribution in [3.63, 3.8) is 0 Å². The van der Waals surface area contributed by atoms with E-state index >= 15 is 0 Å². The summed E-state index contributed by atoms with van der Waals surface area (Å²) >= 11 is 0. The van der Waals surface area contributed by atoms with Gasteiger partial charge in [-0.1, -0.05) is 20.8 Å². The second-order valence-electron chi connectivity index (χ2n) is 7.70. The topological polar surface area (TPSA) is 40.0 Å². The molecule has 3 rings (SSSR count). The van der Waals surface area contributed by atoms with Crippen LogP contribution < -0.4 is 4.90 Å². The summed E-state index contributed by atoms with van der Waals surface area (Å²) in [5, 5.41) is 0.